The summed E-state index contributed by atoms with van der Waals surface area (Å²) in [6, 6.07) is 0.000700. The fourth-order valence-corrected chi connectivity index (χ4v) is 2.78. The Labute approximate surface area is 122 Å². The number of nitrogens with zero attached hydrogens (tertiary/aromatic N) is 1. The largest absolute Gasteiger partial charge is 0.453 e. The lowest BCUT2D eigenvalue weighted by Crippen LogP contribution is -2.53. The Bertz CT molecular complexity index is 331. The zero-order chi connectivity index (χ0) is 15.1. The molecule has 0 aliphatic carbocycles. The highest BCUT2D eigenvalue weighted by atomic mass is 16.5. The van der Waals surface area contributed by atoms with Gasteiger partial charge in [-0.3, -0.25) is 4.79 Å². The fraction of sp³-hybridized carbons (Fsp3) is 0.867. The van der Waals surface area contributed by atoms with Gasteiger partial charge in [0, 0.05) is 19.0 Å². The highest BCUT2D eigenvalue weighted by molar-refractivity contribution is 5.78. The molecule has 0 aromatic heterocycles. The highest BCUT2D eigenvalue weighted by Gasteiger charge is 2.31. The minimum Gasteiger partial charge on any atom is -0.453 e. The molecule has 0 radical (unpaired) electrons. The fourth-order valence-electron chi connectivity index (χ4n) is 2.78. The van der Waals surface area contributed by atoms with E-state index in [1.807, 2.05) is 18.7 Å². The zero-order valence-electron chi connectivity index (χ0n) is 13.1. The van der Waals surface area contributed by atoms with Gasteiger partial charge in [-0.1, -0.05) is 33.6 Å². The molecule has 1 heterocycles. The molecule has 1 N–H and O–H groups in total. The number of hydrogen-bond acceptors (Lipinski definition) is 3. The molecule has 116 valence electrons. The van der Waals surface area contributed by atoms with Gasteiger partial charge in [0.25, 0.3) is 0 Å². The maximum Gasteiger partial charge on any atom is 0.407 e. The van der Waals surface area contributed by atoms with Gasteiger partial charge in [0.05, 0.1) is 13.2 Å². The standard InChI is InChI=1S/C15H28N2O3/c1-5-6-7-12-8-13(16-15(19)20-4)10-17(9-12)14(18)11(2)3/h11-13H,5-10H2,1-4H3,(H,16,19). The van der Waals surface area contributed by atoms with E-state index in [2.05, 4.69) is 17.0 Å². The summed E-state index contributed by atoms with van der Waals surface area (Å²) >= 11 is 0. The first-order chi connectivity index (χ1) is 9.47. The first-order valence-electron chi connectivity index (χ1n) is 7.61. The Morgan fingerprint density at radius 2 is 2.05 bits per heavy atom. The van der Waals surface area contributed by atoms with Crippen molar-refractivity contribution in [2.45, 2.75) is 52.5 Å². The van der Waals surface area contributed by atoms with Gasteiger partial charge in [0.2, 0.25) is 5.91 Å². The van der Waals surface area contributed by atoms with Crippen LogP contribution < -0.4 is 5.32 Å². The van der Waals surface area contributed by atoms with E-state index in [0.29, 0.717) is 12.5 Å². The average molecular weight is 284 g/mol. The second-order valence-corrected chi connectivity index (χ2v) is 5.97. The predicted octanol–water partition coefficient (Wildman–Crippen LogP) is 2.41. The number of ether oxygens (including phenoxy) is 1. The molecule has 1 aliphatic rings. The van der Waals surface area contributed by atoms with Crippen molar-refractivity contribution in [1.82, 2.24) is 10.2 Å². The van der Waals surface area contributed by atoms with Crippen LogP contribution in [-0.2, 0) is 9.53 Å². The number of alkyl carbamates (subject to hydrolysis) is 1. The van der Waals surface area contributed by atoms with Gasteiger partial charge in [0.1, 0.15) is 0 Å². The van der Waals surface area contributed by atoms with E-state index in [4.69, 9.17) is 0 Å². The first kappa shape index (κ1) is 16.8. The van der Waals surface area contributed by atoms with Gasteiger partial charge in [-0.05, 0) is 18.8 Å². The Hall–Kier alpha value is -1.26. The van der Waals surface area contributed by atoms with Gasteiger partial charge in [-0.2, -0.15) is 0 Å². The molecule has 0 saturated carbocycles. The molecule has 1 fully saturated rings. The van der Waals surface area contributed by atoms with Crippen molar-refractivity contribution in [3.8, 4) is 0 Å². The van der Waals surface area contributed by atoms with Crippen molar-refractivity contribution in [1.29, 1.82) is 0 Å². The van der Waals surface area contributed by atoms with E-state index >= 15 is 0 Å². The molecular formula is C15H28N2O3. The second-order valence-electron chi connectivity index (χ2n) is 5.97. The van der Waals surface area contributed by atoms with Crippen molar-refractivity contribution in [3.63, 3.8) is 0 Å². The summed E-state index contributed by atoms with van der Waals surface area (Å²) in [7, 11) is 1.36. The molecule has 1 aliphatic heterocycles. The van der Waals surface area contributed by atoms with E-state index < -0.39 is 6.09 Å². The molecule has 2 amide bonds. The Kier molecular flexibility index (Phi) is 6.82. The van der Waals surface area contributed by atoms with Gasteiger partial charge in [-0.25, -0.2) is 4.79 Å². The van der Waals surface area contributed by atoms with Crippen molar-refractivity contribution in [3.05, 3.63) is 0 Å². The summed E-state index contributed by atoms with van der Waals surface area (Å²) in [5.41, 5.74) is 0. The maximum absolute atomic E-state index is 12.2. The van der Waals surface area contributed by atoms with Crippen molar-refractivity contribution in [2.24, 2.45) is 11.8 Å². The van der Waals surface area contributed by atoms with Crippen LogP contribution in [0.5, 0.6) is 0 Å². The molecule has 1 rings (SSSR count). The van der Waals surface area contributed by atoms with E-state index in [1.165, 1.54) is 13.5 Å². The third-order valence-corrected chi connectivity index (χ3v) is 3.82. The van der Waals surface area contributed by atoms with E-state index in [9.17, 15) is 9.59 Å². The third kappa shape index (κ3) is 5.02. The van der Waals surface area contributed by atoms with Crippen LogP contribution in [0.25, 0.3) is 0 Å². The molecule has 2 atom stereocenters. The summed E-state index contributed by atoms with van der Waals surface area (Å²) in [6.45, 7) is 7.41. The number of nitrogens with one attached hydrogen (secondary N) is 1. The number of carbonyl (C=O) groups is 2. The smallest absolute Gasteiger partial charge is 0.407 e. The monoisotopic (exact) mass is 284 g/mol. The Morgan fingerprint density at radius 1 is 1.35 bits per heavy atom. The summed E-state index contributed by atoms with van der Waals surface area (Å²) in [6.07, 6.45) is 3.95. The molecule has 1 saturated heterocycles. The quantitative estimate of drug-likeness (QED) is 0.843. The number of carbonyl (C=O) groups excluding carboxylic acids is 2. The molecule has 0 aromatic carbocycles. The highest BCUT2D eigenvalue weighted by Crippen LogP contribution is 2.23. The maximum atomic E-state index is 12.2. The number of unbranched alkanes of at least 4 members (excludes halogenated alkanes) is 1. The number of amides is 2. The van der Waals surface area contributed by atoms with Crippen molar-refractivity contribution >= 4 is 12.0 Å². The summed E-state index contributed by atoms with van der Waals surface area (Å²) < 4.78 is 4.66. The zero-order valence-corrected chi connectivity index (χ0v) is 13.1. The molecule has 5 nitrogen and oxygen atoms in total. The molecule has 0 spiro atoms. The van der Waals surface area contributed by atoms with Gasteiger partial charge in [0.15, 0.2) is 0 Å². The van der Waals surface area contributed by atoms with E-state index in [-0.39, 0.29) is 17.9 Å². The lowest BCUT2D eigenvalue weighted by atomic mass is 9.89. The molecule has 0 bridgehead atoms. The molecule has 20 heavy (non-hydrogen) atoms. The SMILES string of the molecule is CCCCC1CC(NC(=O)OC)CN(C(=O)C(C)C)C1. The average Bonchev–Trinajstić information content (AvgIpc) is 2.43. The van der Waals surface area contributed by atoms with E-state index in [0.717, 1.165) is 25.8 Å². The summed E-state index contributed by atoms with van der Waals surface area (Å²) in [5.74, 6) is 0.634. The molecule has 2 unspecified atom stereocenters. The number of hydrogen-bond donors (Lipinski definition) is 1. The topological polar surface area (TPSA) is 58.6 Å². The molecule has 5 heteroatoms. The van der Waals surface area contributed by atoms with Crippen LogP contribution in [0.3, 0.4) is 0 Å². The van der Waals surface area contributed by atoms with Crippen LogP contribution >= 0.6 is 0 Å². The lowest BCUT2D eigenvalue weighted by Gasteiger charge is -2.38. The third-order valence-electron chi connectivity index (χ3n) is 3.82. The number of likely N-dealkylation sites (tertiary alicyclic amines) is 1. The van der Waals surface area contributed by atoms with Crippen LogP contribution in [0, 0.1) is 11.8 Å². The number of piperidine rings is 1. The lowest BCUT2D eigenvalue weighted by molar-refractivity contribution is -0.136. The van der Waals surface area contributed by atoms with Crippen LogP contribution in [0.2, 0.25) is 0 Å². The molecule has 0 aromatic rings. The predicted molar refractivity (Wildman–Crippen MR) is 78.4 cm³/mol. The van der Waals surface area contributed by atoms with Crippen LogP contribution in [0.4, 0.5) is 4.79 Å². The Morgan fingerprint density at radius 3 is 2.60 bits per heavy atom. The van der Waals surface area contributed by atoms with Gasteiger partial charge >= 0.3 is 6.09 Å². The number of methoxy groups -OCH3 is 1. The van der Waals surface area contributed by atoms with Crippen molar-refractivity contribution < 1.29 is 14.3 Å². The van der Waals surface area contributed by atoms with Gasteiger partial charge < -0.3 is 15.0 Å². The van der Waals surface area contributed by atoms with Gasteiger partial charge in [-0.15, -0.1) is 0 Å². The Balaban J connectivity index is 2.66. The number of rotatable bonds is 5. The summed E-state index contributed by atoms with van der Waals surface area (Å²) in [5, 5.41) is 2.84. The minimum absolute atomic E-state index is 0.000700. The van der Waals surface area contributed by atoms with Crippen LogP contribution in [0.15, 0.2) is 0 Å². The first-order valence-corrected chi connectivity index (χ1v) is 7.61. The minimum atomic E-state index is -0.414. The van der Waals surface area contributed by atoms with Crippen LogP contribution in [0.1, 0.15) is 46.5 Å². The molecular weight excluding hydrogens is 256 g/mol. The van der Waals surface area contributed by atoms with Crippen molar-refractivity contribution in [2.75, 3.05) is 20.2 Å². The normalized spacial score (nSPS) is 22.8. The second kappa shape index (κ2) is 8.12. The summed E-state index contributed by atoms with van der Waals surface area (Å²) in [4.78, 5) is 25.5. The van der Waals surface area contributed by atoms with Crippen LogP contribution in [-0.4, -0.2) is 43.1 Å². The van der Waals surface area contributed by atoms with E-state index in [1.54, 1.807) is 0 Å².